The van der Waals surface area contributed by atoms with Crippen LogP contribution in [0.2, 0.25) is 0 Å². The Morgan fingerprint density at radius 2 is 2.26 bits per heavy atom. The smallest absolute Gasteiger partial charge is 0.108 e. The molecule has 1 heterocycles. The van der Waals surface area contributed by atoms with Crippen LogP contribution in [0.25, 0.3) is 0 Å². The minimum atomic E-state index is -0.269. The molecular weight excluding hydrogens is 236 g/mol. The van der Waals surface area contributed by atoms with Gasteiger partial charge in [-0.3, -0.25) is 5.32 Å². The molecule has 0 radical (unpaired) electrons. The van der Waals surface area contributed by atoms with Crippen LogP contribution in [0.3, 0.4) is 0 Å². The van der Waals surface area contributed by atoms with E-state index in [1.54, 1.807) is 0 Å². The lowest BCUT2D eigenvalue weighted by Gasteiger charge is -2.31. The fourth-order valence-corrected chi connectivity index (χ4v) is 3.73. The summed E-state index contributed by atoms with van der Waals surface area (Å²) in [4.78, 5) is 4.97. The predicted octanol–water partition coefficient (Wildman–Crippen LogP) is 1.44. The zero-order valence-corrected chi connectivity index (χ0v) is 12.7. The van der Waals surface area contributed by atoms with Crippen LogP contribution < -0.4 is 5.32 Å². The molecule has 1 saturated carbocycles. The first-order chi connectivity index (χ1) is 9.10. The van der Waals surface area contributed by atoms with Gasteiger partial charge >= 0.3 is 0 Å². The Morgan fingerprint density at radius 3 is 2.84 bits per heavy atom. The van der Waals surface area contributed by atoms with E-state index in [0.717, 1.165) is 32.4 Å². The van der Waals surface area contributed by atoms with Crippen LogP contribution in [-0.4, -0.2) is 61.2 Å². The lowest BCUT2D eigenvalue weighted by Crippen LogP contribution is -2.45. The Hall–Kier alpha value is -0.630. The minimum absolute atomic E-state index is 0.269. The van der Waals surface area contributed by atoms with Crippen molar-refractivity contribution in [3.8, 4) is 6.07 Å². The summed E-state index contributed by atoms with van der Waals surface area (Å²) in [5.41, 5.74) is -0.269. The molecule has 1 aliphatic carbocycles. The molecule has 4 nitrogen and oxygen atoms in total. The van der Waals surface area contributed by atoms with E-state index in [0.29, 0.717) is 12.1 Å². The van der Waals surface area contributed by atoms with Gasteiger partial charge in [0, 0.05) is 18.6 Å². The highest BCUT2D eigenvalue weighted by molar-refractivity contribution is 5.13. The monoisotopic (exact) mass is 264 g/mol. The molecule has 0 aromatic heterocycles. The molecule has 0 aromatic carbocycles. The quantitative estimate of drug-likeness (QED) is 0.816. The number of hydrogen-bond donors (Lipinski definition) is 1. The van der Waals surface area contributed by atoms with Gasteiger partial charge in [0.15, 0.2) is 0 Å². The van der Waals surface area contributed by atoms with Crippen molar-refractivity contribution in [2.24, 2.45) is 0 Å². The van der Waals surface area contributed by atoms with Crippen LogP contribution in [0, 0.1) is 11.3 Å². The van der Waals surface area contributed by atoms with Gasteiger partial charge in [-0.2, -0.15) is 5.26 Å². The highest BCUT2D eigenvalue weighted by Gasteiger charge is 2.40. The molecule has 0 spiro atoms. The number of hydrogen-bond acceptors (Lipinski definition) is 4. The molecule has 3 unspecified atom stereocenters. The van der Waals surface area contributed by atoms with Gasteiger partial charge in [-0.05, 0) is 59.3 Å². The molecule has 1 saturated heterocycles. The van der Waals surface area contributed by atoms with Crippen LogP contribution in [0.4, 0.5) is 0 Å². The molecule has 2 fully saturated rings. The van der Waals surface area contributed by atoms with Crippen molar-refractivity contribution >= 4 is 0 Å². The van der Waals surface area contributed by atoms with E-state index in [4.69, 9.17) is 0 Å². The van der Waals surface area contributed by atoms with Gasteiger partial charge < -0.3 is 9.80 Å². The maximum Gasteiger partial charge on any atom is 0.108 e. The molecule has 19 heavy (non-hydrogen) atoms. The number of likely N-dealkylation sites (tertiary alicyclic amines) is 1. The summed E-state index contributed by atoms with van der Waals surface area (Å²) in [6.07, 6.45) is 5.77. The third-order valence-corrected chi connectivity index (χ3v) is 5.01. The fourth-order valence-electron chi connectivity index (χ4n) is 3.73. The van der Waals surface area contributed by atoms with Crippen molar-refractivity contribution in [2.75, 3.05) is 33.7 Å². The first kappa shape index (κ1) is 14.8. The van der Waals surface area contributed by atoms with Crippen LogP contribution in [-0.2, 0) is 0 Å². The van der Waals surface area contributed by atoms with Gasteiger partial charge in [-0.1, -0.05) is 6.92 Å². The minimum Gasteiger partial charge on any atom is -0.302 e. The van der Waals surface area contributed by atoms with E-state index in [9.17, 15) is 5.26 Å². The number of rotatable bonds is 5. The molecular formula is C15H28N4. The molecule has 0 aromatic rings. The average Bonchev–Trinajstić information content (AvgIpc) is 2.98. The number of nitrogens with zero attached hydrogens (tertiary/aromatic N) is 3. The summed E-state index contributed by atoms with van der Waals surface area (Å²) in [5.74, 6) is 0. The highest BCUT2D eigenvalue weighted by atomic mass is 15.2. The van der Waals surface area contributed by atoms with Crippen LogP contribution in [0.1, 0.15) is 39.0 Å². The molecule has 0 bridgehead atoms. The predicted molar refractivity (Wildman–Crippen MR) is 77.9 cm³/mol. The topological polar surface area (TPSA) is 42.3 Å². The van der Waals surface area contributed by atoms with Crippen LogP contribution in [0.15, 0.2) is 0 Å². The molecule has 108 valence electrons. The standard InChI is InChI=1S/C15H28N4/c1-4-17-15(12-16)8-7-13(10-15)19(3)11-14-6-5-9-18(14)2/h13-14,17H,4-11H2,1-3H3. The number of nitriles is 1. The first-order valence-corrected chi connectivity index (χ1v) is 7.67. The summed E-state index contributed by atoms with van der Waals surface area (Å²) < 4.78 is 0. The Morgan fingerprint density at radius 1 is 1.47 bits per heavy atom. The number of nitrogens with one attached hydrogen (secondary N) is 1. The average molecular weight is 264 g/mol. The zero-order valence-electron chi connectivity index (χ0n) is 12.7. The van der Waals surface area contributed by atoms with E-state index in [1.807, 2.05) is 0 Å². The van der Waals surface area contributed by atoms with Crippen molar-refractivity contribution in [3.05, 3.63) is 0 Å². The molecule has 1 N–H and O–H groups in total. The molecule has 3 atom stereocenters. The second-order valence-electron chi connectivity index (χ2n) is 6.34. The third-order valence-electron chi connectivity index (χ3n) is 5.01. The summed E-state index contributed by atoms with van der Waals surface area (Å²) >= 11 is 0. The van der Waals surface area contributed by atoms with Crippen molar-refractivity contribution in [1.29, 1.82) is 5.26 Å². The van der Waals surface area contributed by atoms with E-state index in [2.05, 4.69) is 42.2 Å². The van der Waals surface area contributed by atoms with Crippen molar-refractivity contribution < 1.29 is 0 Å². The summed E-state index contributed by atoms with van der Waals surface area (Å²) in [6, 6.07) is 3.79. The Balaban J connectivity index is 1.87. The van der Waals surface area contributed by atoms with E-state index >= 15 is 0 Å². The molecule has 4 heteroatoms. The SMILES string of the molecule is CCNC1(C#N)CCC(N(C)CC2CCCN2C)C1. The largest absolute Gasteiger partial charge is 0.302 e. The van der Waals surface area contributed by atoms with E-state index in [-0.39, 0.29) is 5.54 Å². The van der Waals surface area contributed by atoms with E-state index < -0.39 is 0 Å². The van der Waals surface area contributed by atoms with Gasteiger partial charge in [0.1, 0.15) is 5.54 Å². The van der Waals surface area contributed by atoms with Gasteiger partial charge in [0.25, 0.3) is 0 Å². The fraction of sp³-hybridized carbons (Fsp3) is 0.933. The lowest BCUT2D eigenvalue weighted by atomic mass is 9.99. The van der Waals surface area contributed by atoms with E-state index in [1.165, 1.54) is 19.4 Å². The zero-order chi connectivity index (χ0) is 13.9. The second kappa shape index (κ2) is 6.21. The van der Waals surface area contributed by atoms with Gasteiger partial charge in [-0.25, -0.2) is 0 Å². The maximum absolute atomic E-state index is 9.43. The molecule has 1 aliphatic heterocycles. The van der Waals surface area contributed by atoms with Crippen LogP contribution in [0.5, 0.6) is 0 Å². The third kappa shape index (κ3) is 3.28. The summed E-state index contributed by atoms with van der Waals surface area (Å²) in [7, 11) is 4.47. The lowest BCUT2D eigenvalue weighted by molar-refractivity contribution is 0.174. The summed E-state index contributed by atoms with van der Waals surface area (Å²) in [6.45, 7) is 5.36. The van der Waals surface area contributed by atoms with Crippen molar-refractivity contribution in [3.63, 3.8) is 0 Å². The van der Waals surface area contributed by atoms with Crippen molar-refractivity contribution in [2.45, 2.75) is 56.7 Å². The molecule has 2 aliphatic rings. The van der Waals surface area contributed by atoms with Crippen molar-refractivity contribution in [1.82, 2.24) is 15.1 Å². The molecule has 2 rings (SSSR count). The normalized spacial score (nSPS) is 35.9. The maximum atomic E-state index is 9.43. The molecule has 0 amide bonds. The first-order valence-electron chi connectivity index (χ1n) is 7.67. The highest BCUT2D eigenvalue weighted by Crippen LogP contribution is 2.32. The Bertz CT molecular complexity index is 338. The Labute approximate surface area is 117 Å². The van der Waals surface area contributed by atoms with Gasteiger partial charge in [0.2, 0.25) is 0 Å². The van der Waals surface area contributed by atoms with Gasteiger partial charge in [0.05, 0.1) is 6.07 Å². The van der Waals surface area contributed by atoms with Gasteiger partial charge in [-0.15, -0.1) is 0 Å². The summed E-state index contributed by atoms with van der Waals surface area (Å²) in [5, 5.41) is 12.8. The number of likely N-dealkylation sites (N-methyl/N-ethyl adjacent to an activating group) is 2. The Kier molecular flexibility index (Phi) is 4.83. The van der Waals surface area contributed by atoms with Crippen LogP contribution >= 0.6 is 0 Å². The second-order valence-corrected chi connectivity index (χ2v) is 6.34.